The largest absolute Gasteiger partial charge is 0.493 e. The number of thioether (sulfide) groups is 1. The third-order valence-electron chi connectivity index (χ3n) is 3.73. The van der Waals surface area contributed by atoms with Gasteiger partial charge in [0.2, 0.25) is 5.75 Å². The van der Waals surface area contributed by atoms with Crippen LogP contribution in [0, 0.1) is 0 Å². The molecule has 132 valence electrons. The number of benzene rings is 2. The maximum Gasteiger partial charge on any atom is 0.251 e. The summed E-state index contributed by atoms with van der Waals surface area (Å²) in [4.78, 5) is 12.4. The van der Waals surface area contributed by atoms with Crippen LogP contribution in [0.2, 0.25) is 0 Å². The van der Waals surface area contributed by atoms with Crippen molar-refractivity contribution in [3.8, 4) is 17.2 Å². The van der Waals surface area contributed by atoms with Crippen LogP contribution in [0.3, 0.4) is 0 Å². The minimum absolute atomic E-state index is 0.143. The Bertz CT molecular complexity index is 704. The van der Waals surface area contributed by atoms with E-state index in [-0.39, 0.29) is 5.91 Å². The lowest BCUT2D eigenvalue weighted by molar-refractivity contribution is 0.0954. The van der Waals surface area contributed by atoms with Gasteiger partial charge in [0, 0.05) is 23.6 Å². The molecule has 2 aromatic rings. The first-order chi connectivity index (χ1) is 12.3. The van der Waals surface area contributed by atoms with Gasteiger partial charge < -0.3 is 19.5 Å². The van der Waals surface area contributed by atoms with E-state index in [1.807, 2.05) is 18.2 Å². The van der Waals surface area contributed by atoms with Crippen LogP contribution >= 0.6 is 11.8 Å². The smallest absolute Gasteiger partial charge is 0.251 e. The zero-order valence-electron chi connectivity index (χ0n) is 14.1. The number of rotatable bonds is 7. The van der Waals surface area contributed by atoms with Gasteiger partial charge in [-0.1, -0.05) is 30.3 Å². The second-order valence-electron chi connectivity index (χ2n) is 5.50. The average Bonchev–Trinajstić information content (AvgIpc) is 2.67. The molecule has 1 N–H and O–H groups in total. The van der Waals surface area contributed by atoms with Gasteiger partial charge in [0.25, 0.3) is 5.91 Å². The third kappa shape index (κ3) is 4.60. The van der Waals surface area contributed by atoms with E-state index in [1.165, 1.54) is 5.56 Å². The number of ether oxygens (including phenoxy) is 3. The fraction of sp³-hybridized carbons (Fsp3) is 0.316. The van der Waals surface area contributed by atoms with Crippen LogP contribution in [0.1, 0.15) is 15.9 Å². The lowest BCUT2D eigenvalue weighted by Crippen LogP contribution is -2.26. The van der Waals surface area contributed by atoms with Crippen molar-refractivity contribution >= 4 is 17.7 Å². The lowest BCUT2D eigenvalue weighted by atomic mass is 10.1. The summed E-state index contributed by atoms with van der Waals surface area (Å²) in [5, 5.41) is 2.93. The molecule has 25 heavy (non-hydrogen) atoms. The monoisotopic (exact) mass is 359 g/mol. The molecule has 0 unspecified atom stereocenters. The van der Waals surface area contributed by atoms with Crippen LogP contribution < -0.4 is 19.5 Å². The van der Waals surface area contributed by atoms with Gasteiger partial charge in [0.1, 0.15) is 13.2 Å². The van der Waals surface area contributed by atoms with Crippen molar-refractivity contribution in [2.24, 2.45) is 0 Å². The molecule has 0 radical (unpaired) electrons. The van der Waals surface area contributed by atoms with Gasteiger partial charge in [0.15, 0.2) is 11.5 Å². The molecule has 0 bridgehead atoms. The number of hydrogen-bond donors (Lipinski definition) is 1. The molecule has 1 amide bonds. The third-order valence-corrected chi connectivity index (χ3v) is 4.76. The zero-order valence-corrected chi connectivity index (χ0v) is 14.9. The second-order valence-corrected chi connectivity index (χ2v) is 6.60. The summed E-state index contributed by atoms with van der Waals surface area (Å²) in [5.74, 6) is 3.27. The summed E-state index contributed by atoms with van der Waals surface area (Å²) in [6.07, 6.45) is 0. The van der Waals surface area contributed by atoms with E-state index in [2.05, 4.69) is 17.4 Å². The predicted octanol–water partition coefficient (Wildman–Crippen LogP) is 3.13. The second kappa shape index (κ2) is 8.67. The summed E-state index contributed by atoms with van der Waals surface area (Å²) in [5.41, 5.74) is 1.80. The predicted molar refractivity (Wildman–Crippen MR) is 98.9 cm³/mol. The Labute approximate surface area is 151 Å². The first-order valence-electron chi connectivity index (χ1n) is 8.15. The molecule has 1 aliphatic heterocycles. The number of fused-ring (bicyclic) bond motifs is 1. The molecule has 3 rings (SSSR count). The van der Waals surface area contributed by atoms with Crippen LogP contribution in [0.4, 0.5) is 0 Å². The maximum absolute atomic E-state index is 12.4. The van der Waals surface area contributed by atoms with Gasteiger partial charge in [-0.25, -0.2) is 0 Å². The highest BCUT2D eigenvalue weighted by Crippen LogP contribution is 2.40. The number of hydrogen-bond acceptors (Lipinski definition) is 5. The van der Waals surface area contributed by atoms with Gasteiger partial charge >= 0.3 is 0 Å². The Morgan fingerprint density at radius 2 is 2.00 bits per heavy atom. The van der Waals surface area contributed by atoms with E-state index in [0.29, 0.717) is 42.6 Å². The van der Waals surface area contributed by atoms with Crippen molar-refractivity contribution in [1.29, 1.82) is 0 Å². The molecule has 0 atom stereocenters. The Morgan fingerprint density at radius 3 is 2.80 bits per heavy atom. The Morgan fingerprint density at radius 1 is 1.20 bits per heavy atom. The Balaban J connectivity index is 1.51. The topological polar surface area (TPSA) is 56.8 Å². The summed E-state index contributed by atoms with van der Waals surface area (Å²) < 4.78 is 16.4. The van der Waals surface area contributed by atoms with Crippen LogP contribution in [0.25, 0.3) is 0 Å². The number of nitrogens with one attached hydrogen (secondary N) is 1. The van der Waals surface area contributed by atoms with Crippen LogP contribution in [-0.2, 0) is 5.75 Å². The molecule has 6 heteroatoms. The fourth-order valence-corrected chi connectivity index (χ4v) is 3.33. The molecular formula is C19H21NO4S. The van der Waals surface area contributed by atoms with Gasteiger partial charge in [-0.2, -0.15) is 11.8 Å². The molecule has 0 saturated carbocycles. The standard InChI is InChI=1S/C19H21NO4S/c1-22-16-11-15(12-17-18(16)24-9-8-23-17)19(21)20-7-10-25-13-14-5-3-2-4-6-14/h2-6,11-12H,7-10,13H2,1H3,(H,20,21). The first kappa shape index (κ1) is 17.5. The summed E-state index contributed by atoms with van der Waals surface area (Å²) in [6.45, 7) is 1.55. The van der Waals surface area contributed by atoms with E-state index in [1.54, 1.807) is 31.0 Å². The quantitative estimate of drug-likeness (QED) is 0.770. The van der Waals surface area contributed by atoms with Crippen molar-refractivity contribution in [3.05, 3.63) is 53.6 Å². The van der Waals surface area contributed by atoms with Crippen molar-refractivity contribution in [3.63, 3.8) is 0 Å². The maximum atomic E-state index is 12.4. The van der Waals surface area contributed by atoms with Crippen molar-refractivity contribution in [2.75, 3.05) is 32.6 Å². The van der Waals surface area contributed by atoms with Gasteiger partial charge in [-0.3, -0.25) is 4.79 Å². The molecule has 1 heterocycles. The molecule has 0 aliphatic carbocycles. The summed E-state index contributed by atoms with van der Waals surface area (Å²) in [7, 11) is 1.55. The fourth-order valence-electron chi connectivity index (χ4n) is 2.51. The minimum atomic E-state index is -0.143. The van der Waals surface area contributed by atoms with Crippen LogP contribution in [-0.4, -0.2) is 38.5 Å². The molecule has 1 aliphatic rings. The lowest BCUT2D eigenvalue weighted by Gasteiger charge is -2.21. The van der Waals surface area contributed by atoms with Gasteiger partial charge in [0.05, 0.1) is 7.11 Å². The zero-order chi connectivity index (χ0) is 17.5. The minimum Gasteiger partial charge on any atom is -0.493 e. The highest BCUT2D eigenvalue weighted by Gasteiger charge is 2.20. The van der Waals surface area contributed by atoms with E-state index in [9.17, 15) is 4.79 Å². The van der Waals surface area contributed by atoms with Crippen LogP contribution in [0.5, 0.6) is 17.2 Å². The number of carbonyl (C=O) groups is 1. The van der Waals surface area contributed by atoms with E-state index in [0.717, 1.165) is 11.5 Å². The van der Waals surface area contributed by atoms with Crippen LogP contribution in [0.15, 0.2) is 42.5 Å². The molecule has 0 fully saturated rings. The van der Waals surface area contributed by atoms with E-state index >= 15 is 0 Å². The molecule has 5 nitrogen and oxygen atoms in total. The van der Waals surface area contributed by atoms with Crippen molar-refractivity contribution < 1.29 is 19.0 Å². The van der Waals surface area contributed by atoms with Crippen molar-refractivity contribution in [2.45, 2.75) is 5.75 Å². The van der Waals surface area contributed by atoms with Gasteiger partial charge in [-0.15, -0.1) is 0 Å². The van der Waals surface area contributed by atoms with Crippen molar-refractivity contribution in [1.82, 2.24) is 5.32 Å². The number of amides is 1. The molecule has 0 saturated heterocycles. The SMILES string of the molecule is COc1cc(C(=O)NCCSCc2ccccc2)cc2c1OCCO2. The highest BCUT2D eigenvalue weighted by molar-refractivity contribution is 7.98. The number of methoxy groups -OCH3 is 1. The first-order valence-corrected chi connectivity index (χ1v) is 9.31. The summed E-state index contributed by atoms with van der Waals surface area (Å²) >= 11 is 1.79. The van der Waals surface area contributed by atoms with Gasteiger partial charge in [-0.05, 0) is 17.7 Å². The summed E-state index contributed by atoms with van der Waals surface area (Å²) in [6, 6.07) is 13.7. The highest BCUT2D eigenvalue weighted by atomic mass is 32.2. The Kier molecular flexibility index (Phi) is 6.06. The molecular weight excluding hydrogens is 338 g/mol. The molecule has 0 spiro atoms. The average molecular weight is 359 g/mol. The normalized spacial score (nSPS) is 12.5. The number of carbonyl (C=O) groups excluding carboxylic acids is 1. The van der Waals surface area contributed by atoms with E-state index in [4.69, 9.17) is 14.2 Å². The van der Waals surface area contributed by atoms with E-state index < -0.39 is 0 Å². The molecule has 0 aromatic heterocycles. The molecule has 2 aromatic carbocycles. The Hall–Kier alpha value is -2.34.